The Morgan fingerprint density at radius 1 is 1.40 bits per heavy atom. The van der Waals surface area contributed by atoms with E-state index in [1.54, 1.807) is 0 Å². The van der Waals surface area contributed by atoms with E-state index in [-0.39, 0.29) is 16.3 Å². The van der Waals surface area contributed by atoms with Crippen LogP contribution in [0.15, 0.2) is 18.2 Å². The summed E-state index contributed by atoms with van der Waals surface area (Å²) >= 11 is 4.63. The molecule has 15 heavy (non-hydrogen) atoms. The highest BCUT2D eigenvalue weighted by Crippen LogP contribution is 2.37. The fraction of sp³-hybridized carbons (Fsp3) is 0.222. The van der Waals surface area contributed by atoms with Gasteiger partial charge in [-0.1, -0.05) is 18.3 Å². The number of nitrogens with two attached hydrogens (primary N) is 1. The van der Waals surface area contributed by atoms with Gasteiger partial charge in [0.15, 0.2) is 0 Å². The van der Waals surface area contributed by atoms with Crippen LogP contribution in [0.1, 0.15) is 11.1 Å². The van der Waals surface area contributed by atoms with Gasteiger partial charge in [-0.3, -0.25) is 0 Å². The molecule has 0 atom stereocenters. The third kappa shape index (κ3) is 2.38. The zero-order valence-corrected chi connectivity index (χ0v) is 8.58. The Morgan fingerprint density at radius 3 is 2.40 bits per heavy atom. The van der Waals surface area contributed by atoms with E-state index < -0.39 is 11.7 Å². The molecule has 82 valence electrons. The van der Waals surface area contributed by atoms with Crippen LogP contribution in [0, 0.1) is 0 Å². The second kappa shape index (κ2) is 4.06. The minimum Gasteiger partial charge on any atom is -0.495 e. The molecule has 0 spiro atoms. The quantitative estimate of drug-likeness (QED) is 0.799. The smallest absolute Gasteiger partial charge is 0.419 e. The summed E-state index contributed by atoms with van der Waals surface area (Å²) < 4.78 is 42.2. The normalized spacial score (nSPS) is 11.2. The molecule has 1 rings (SSSR count). The fourth-order valence-corrected chi connectivity index (χ4v) is 1.33. The fourth-order valence-electron chi connectivity index (χ4n) is 1.17. The van der Waals surface area contributed by atoms with Crippen LogP contribution in [-0.2, 0) is 6.18 Å². The van der Waals surface area contributed by atoms with Crippen molar-refractivity contribution < 1.29 is 17.9 Å². The number of halogens is 3. The first-order valence-electron chi connectivity index (χ1n) is 3.92. The minimum absolute atomic E-state index is 0.0855. The number of hydrogen-bond acceptors (Lipinski definition) is 2. The Bertz CT molecular complexity index is 389. The van der Waals surface area contributed by atoms with Crippen molar-refractivity contribution in [3.63, 3.8) is 0 Å². The van der Waals surface area contributed by atoms with Crippen molar-refractivity contribution in [1.82, 2.24) is 0 Å². The van der Waals surface area contributed by atoms with Gasteiger partial charge in [-0.2, -0.15) is 13.2 Å². The van der Waals surface area contributed by atoms with Crippen molar-refractivity contribution in [2.24, 2.45) is 5.73 Å². The first kappa shape index (κ1) is 11.8. The molecule has 0 saturated heterocycles. The summed E-state index contributed by atoms with van der Waals surface area (Å²) in [5.74, 6) is -0.336. The van der Waals surface area contributed by atoms with E-state index in [4.69, 9.17) is 5.73 Å². The SMILES string of the molecule is COc1c(C(N)=S)cccc1C(F)(F)F. The molecule has 0 heterocycles. The lowest BCUT2D eigenvalue weighted by Crippen LogP contribution is -2.15. The van der Waals surface area contributed by atoms with E-state index >= 15 is 0 Å². The highest BCUT2D eigenvalue weighted by molar-refractivity contribution is 7.80. The number of rotatable bonds is 2. The first-order valence-corrected chi connectivity index (χ1v) is 4.32. The van der Waals surface area contributed by atoms with Gasteiger partial charge < -0.3 is 10.5 Å². The molecule has 0 aliphatic rings. The van der Waals surface area contributed by atoms with Crippen molar-refractivity contribution in [2.45, 2.75) is 6.18 Å². The lowest BCUT2D eigenvalue weighted by Gasteiger charge is -2.14. The Labute approximate surface area is 89.8 Å². The van der Waals surface area contributed by atoms with Crippen molar-refractivity contribution in [2.75, 3.05) is 7.11 Å². The third-order valence-electron chi connectivity index (χ3n) is 1.79. The van der Waals surface area contributed by atoms with Crippen molar-refractivity contribution in [3.05, 3.63) is 29.3 Å². The molecule has 2 nitrogen and oxygen atoms in total. The number of methoxy groups -OCH3 is 1. The van der Waals surface area contributed by atoms with Gasteiger partial charge in [0.1, 0.15) is 10.7 Å². The van der Waals surface area contributed by atoms with Crippen LogP contribution < -0.4 is 10.5 Å². The van der Waals surface area contributed by atoms with Crippen molar-refractivity contribution in [3.8, 4) is 5.75 Å². The number of ether oxygens (including phenoxy) is 1. The van der Waals surface area contributed by atoms with E-state index in [9.17, 15) is 13.2 Å². The molecule has 2 N–H and O–H groups in total. The first-order chi connectivity index (χ1) is 6.88. The average molecular weight is 235 g/mol. The molecule has 6 heteroatoms. The molecule has 0 saturated carbocycles. The van der Waals surface area contributed by atoms with Crippen molar-refractivity contribution in [1.29, 1.82) is 0 Å². The summed E-state index contributed by atoms with van der Waals surface area (Å²) in [6.45, 7) is 0. The standard InChI is InChI=1S/C9H8F3NOS/c1-14-7-5(8(13)15)3-2-4-6(7)9(10,11)12/h2-4H,1H3,(H2,13,15). The molecule has 1 aromatic carbocycles. The second-order valence-electron chi connectivity index (χ2n) is 2.75. The number of hydrogen-bond donors (Lipinski definition) is 1. The Balaban J connectivity index is 3.42. The van der Waals surface area contributed by atoms with E-state index in [0.29, 0.717) is 0 Å². The van der Waals surface area contributed by atoms with Crippen LogP contribution in [-0.4, -0.2) is 12.1 Å². The predicted molar refractivity (Wildman–Crippen MR) is 53.9 cm³/mol. The second-order valence-corrected chi connectivity index (χ2v) is 3.19. The third-order valence-corrected chi connectivity index (χ3v) is 2.01. The molecule has 1 aromatic rings. The molecule has 0 aliphatic heterocycles. The van der Waals surface area contributed by atoms with Gasteiger partial charge >= 0.3 is 6.18 Å². The monoisotopic (exact) mass is 235 g/mol. The number of para-hydroxylation sites is 1. The summed E-state index contributed by atoms with van der Waals surface area (Å²) in [6, 6.07) is 3.54. The zero-order valence-electron chi connectivity index (χ0n) is 7.76. The molecular formula is C9H8F3NOS. The van der Waals surface area contributed by atoms with Gasteiger partial charge in [0.05, 0.1) is 18.2 Å². The molecule has 0 fully saturated rings. The Hall–Kier alpha value is -1.30. The molecule has 0 unspecified atom stereocenters. The summed E-state index contributed by atoms with van der Waals surface area (Å²) in [5.41, 5.74) is 4.49. The maximum absolute atomic E-state index is 12.5. The number of alkyl halides is 3. The lowest BCUT2D eigenvalue weighted by molar-refractivity contribution is -0.138. The highest BCUT2D eigenvalue weighted by atomic mass is 32.1. The zero-order chi connectivity index (χ0) is 11.6. The predicted octanol–water partition coefficient (Wildman–Crippen LogP) is 2.35. The molecule has 0 radical (unpaired) electrons. The lowest BCUT2D eigenvalue weighted by atomic mass is 10.1. The highest BCUT2D eigenvalue weighted by Gasteiger charge is 2.35. The summed E-state index contributed by atoms with van der Waals surface area (Å²) in [5, 5.41) is 0. The summed E-state index contributed by atoms with van der Waals surface area (Å²) in [7, 11) is 1.15. The maximum atomic E-state index is 12.5. The van der Waals surface area contributed by atoms with E-state index in [0.717, 1.165) is 13.2 Å². The van der Waals surface area contributed by atoms with E-state index in [2.05, 4.69) is 17.0 Å². The van der Waals surface area contributed by atoms with Crippen LogP contribution in [0.25, 0.3) is 0 Å². The van der Waals surface area contributed by atoms with Crippen LogP contribution in [0.4, 0.5) is 13.2 Å². The molecule has 0 aliphatic carbocycles. The summed E-state index contributed by atoms with van der Waals surface area (Å²) in [4.78, 5) is -0.127. The van der Waals surface area contributed by atoms with Gasteiger partial charge in [0.25, 0.3) is 0 Å². The average Bonchev–Trinajstić information content (AvgIpc) is 2.15. The van der Waals surface area contributed by atoms with E-state index in [1.165, 1.54) is 12.1 Å². The molecular weight excluding hydrogens is 227 g/mol. The number of benzene rings is 1. The topological polar surface area (TPSA) is 35.2 Å². The Morgan fingerprint density at radius 2 is 2.00 bits per heavy atom. The van der Waals surface area contributed by atoms with Crippen molar-refractivity contribution >= 4 is 17.2 Å². The number of thiocarbonyl (C=S) groups is 1. The van der Waals surface area contributed by atoms with Gasteiger partial charge in [0.2, 0.25) is 0 Å². The van der Waals surface area contributed by atoms with Crippen LogP contribution in [0.2, 0.25) is 0 Å². The van der Waals surface area contributed by atoms with Gasteiger partial charge in [-0.15, -0.1) is 0 Å². The summed E-state index contributed by atoms with van der Waals surface area (Å²) in [6.07, 6.45) is -4.48. The van der Waals surface area contributed by atoms with Crippen LogP contribution >= 0.6 is 12.2 Å². The molecule has 0 bridgehead atoms. The maximum Gasteiger partial charge on any atom is 0.419 e. The van der Waals surface area contributed by atoms with Crippen LogP contribution in [0.5, 0.6) is 5.75 Å². The van der Waals surface area contributed by atoms with E-state index in [1.807, 2.05) is 0 Å². The minimum atomic E-state index is -4.48. The van der Waals surface area contributed by atoms with Gasteiger partial charge in [-0.05, 0) is 12.1 Å². The largest absolute Gasteiger partial charge is 0.495 e. The van der Waals surface area contributed by atoms with Gasteiger partial charge in [0, 0.05) is 0 Å². The van der Waals surface area contributed by atoms with Crippen LogP contribution in [0.3, 0.4) is 0 Å². The molecule has 0 amide bonds. The Kier molecular flexibility index (Phi) is 3.18. The molecule has 0 aromatic heterocycles. The van der Waals surface area contributed by atoms with Gasteiger partial charge in [-0.25, -0.2) is 0 Å².